The van der Waals surface area contributed by atoms with Gasteiger partial charge in [0.05, 0.1) is 21.5 Å². The fourth-order valence-electron chi connectivity index (χ4n) is 2.08. The molecule has 1 amide bonds. The Balaban J connectivity index is 2.13. The quantitative estimate of drug-likeness (QED) is 0.856. The van der Waals surface area contributed by atoms with Crippen molar-refractivity contribution in [3.05, 3.63) is 45.7 Å². The van der Waals surface area contributed by atoms with E-state index in [0.29, 0.717) is 12.1 Å². The Morgan fingerprint density at radius 2 is 1.95 bits per heavy atom. The third-order valence-electron chi connectivity index (χ3n) is 3.64. The number of halogens is 1. The zero-order valence-corrected chi connectivity index (χ0v) is 14.9. The molecule has 1 aromatic carbocycles. The van der Waals surface area contributed by atoms with E-state index in [2.05, 4.69) is 31.7 Å². The van der Waals surface area contributed by atoms with Crippen molar-refractivity contribution < 1.29 is 4.79 Å². The molecule has 1 atom stereocenters. The summed E-state index contributed by atoms with van der Waals surface area (Å²) >= 11 is 3.52. The van der Waals surface area contributed by atoms with Crippen LogP contribution in [0.4, 0.5) is 0 Å². The Bertz CT molecular complexity index is 664. The maximum absolute atomic E-state index is 12.1. The van der Waals surface area contributed by atoms with Gasteiger partial charge in [0.2, 0.25) is 0 Å². The summed E-state index contributed by atoms with van der Waals surface area (Å²) in [7, 11) is 1.87. The van der Waals surface area contributed by atoms with E-state index < -0.39 is 0 Å². The predicted molar refractivity (Wildman–Crippen MR) is 91.6 cm³/mol. The standard InChI is InChI=1S/C16H21BrN4O/c1-10(18-4)9-19-16(22)13-5-7-14(8-6-13)21-12(3)15(17)11(2)20-21/h5-8,10,18H,9H2,1-4H3,(H,19,22). The monoisotopic (exact) mass is 364 g/mol. The third-order valence-corrected chi connectivity index (χ3v) is 4.79. The number of hydrogen-bond acceptors (Lipinski definition) is 3. The van der Waals surface area contributed by atoms with E-state index in [4.69, 9.17) is 0 Å². The minimum absolute atomic E-state index is 0.0665. The number of amides is 1. The van der Waals surface area contributed by atoms with E-state index in [0.717, 1.165) is 21.5 Å². The van der Waals surface area contributed by atoms with Crippen LogP contribution < -0.4 is 10.6 Å². The van der Waals surface area contributed by atoms with Crippen molar-refractivity contribution >= 4 is 21.8 Å². The lowest BCUT2D eigenvalue weighted by Crippen LogP contribution is -2.37. The first kappa shape index (κ1) is 16.7. The molecule has 2 N–H and O–H groups in total. The fourth-order valence-corrected chi connectivity index (χ4v) is 2.33. The van der Waals surface area contributed by atoms with Gasteiger partial charge < -0.3 is 10.6 Å². The van der Waals surface area contributed by atoms with Crippen molar-refractivity contribution in [1.29, 1.82) is 0 Å². The van der Waals surface area contributed by atoms with Crippen LogP contribution in [0.15, 0.2) is 28.7 Å². The highest BCUT2D eigenvalue weighted by molar-refractivity contribution is 9.10. The summed E-state index contributed by atoms with van der Waals surface area (Å²) in [6.45, 7) is 6.58. The number of likely N-dealkylation sites (N-methyl/N-ethyl adjacent to an activating group) is 1. The molecule has 6 heteroatoms. The minimum atomic E-state index is -0.0665. The Kier molecular flexibility index (Phi) is 5.37. The number of hydrogen-bond donors (Lipinski definition) is 2. The number of carbonyl (C=O) groups is 1. The van der Waals surface area contributed by atoms with Gasteiger partial charge in [-0.1, -0.05) is 0 Å². The van der Waals surface area contributed by atoms with Gasteiger partial charge in [-0.05, 0) is 68.0 Å². The molecule has 0 radical (unpaired) electrons. The number of nitrogens with zero attached hydrogens (tertiary/aromatic N) is 2. The second-order valence-electron chi connectivity index (χ2n) is 5.34. The molecule has 1 unspecified atom stereocenters. The van der Waals surface area contributed by atoms with Crippen LogP contribution in [-0.2, 0) is 0 Å². The van der Waals surface area contributed by atoms with Crippen LogP contribution >= 0.6 is 15.9 Å². The van der Waals surface area contributed by atoms with Gasteiger partial charge in [-0.15, -0.1) is 0 Å². The number of benzene rings is 1. The second kappa shape index (κ2) is 7.07. The van der Waals surface area contributed by atoms with Gasteiger partial charge in [-0.25, -0.2) is 4.68 Å². The first-order valence-corrected chi connectivity index (χ1v) is 8.01. The molecule has 22 heavy (non-hydrogen) atoms. The van der Waals surface area contributed by atoms with Gasteiger partial charge in [-0.2, -0.15) is 5.10 Å². The molecule has 0 fully saturated rings. The molecule has 2 aromatic rings. The zero-order valence-electron chi connectivity index (χ0n) is 13.3. The van der Waals surface area contributed by atoms with Gasteiger partial charge in [0.25, 0.3) is 5.91 Å². The zero-order chi connectivity index (χ0) is 16.3. The normalized spacial score (nSPS) is 12.2. The molecule has 0 saturated heterocycles. The molecule has 5 nitrogen and oxygen atoms in total. The molecule has 1 heterocycles. The highest BCUT2D eigenvalue weighted by Gasteiger charge is 2.11. The van der Waals surface area contributed by atoms with Gasteiger partial charge in [0.1, 0.15) is 0 Å². The number of nitrogens with one attached hydrogen (secondary N) is 2. The van der Waals surface area contributed by atoms with Crippen molar-refractivity contribution in [1.82, 2.24) is 20.4 Å². The lowest BCUT2D eigenvalue weighted by molar-refractivity contribution is 0.0950. The van der Waals surface area contributed by atoms with Gasteiger partial charge in [0.15, 0.2) is 0 Å². The van der Waals surface area contributed by atoms with E-state index in [-0.39, 0.29) is 11.9 Å². The molecular weight excluding hydrogens is 344 g/mol. The van der Waals surface area contributed by atoms with E-state index in [1.54, 1.807) is 0 Å². The molecule has 2 rings (SSSR count). The van der Waals surface area contributed by atoms with E-state index in [9.17, 15) is 4.79 Å². The molecule has 1 aromatic heterocycles. The van der Waals surface area contributed by atoms with Gasteiger partial charge >= 0.3 is 0 Å². The fraction of sp³-hybridized carbons (Fsp3) is 0.375. The van der Waals surface area contributed by atoms with Crippen LogP contribution in [0.25, 0.3) is 5.69 Å². The average Bonchev–Trinajstić information content (AvgIpc) is 2.80. The van der Waals surface area contributed by atoms with Crippen molar-refractivity contribution in [2.75, 3.05) is 13.6 Å². The average molecular weight is 365 g/mol. The summed E-state index contributed by atoms with van der Waals surface area (Å²) in [5.41, 5.74) is 3.57. The number of rotatable bonds is 5. The third kappa shape index (κ3) is 3.56. The SMILES string of the molecule is CNC(C)CNC(=O)c1ccc(-n2nc(C)c(Br)c2C)cc1. The number of carbonyl (C=O) groups excluding carboxylic acids is 1. The second-order valence-corrected chi connectivity index (χ2v) is 6.14. The molecule has 118 valence electrons. The van der Waals surface area contributed by atoms with Crippen LogP contribution in [0.3, 0.4) is 0 Å². The first-order chi connectivity index (χ1) is 10.4. The first-order valence-electron chi connectivity index (χ1n) is 7.21. The minimum Gasteiger partial charge on any atom is -0.350 e. The van der Waals surface area contributed by atoms with Crippen molar-refractivity contribution in [2.24, 2.45) is 0 Å². The van der Waals surface area contributed by atoms with Crippen LogP contribution in [0.1, 0.15) is 28.7 Å². The number of aryl methyl sites for hydroxylation is 1. The molecule has 0 aliphatic carbocycles. The van der Waals surface area contributed by atoms with E-state index in [1.807, 2.05) is 56.8 Å². The summed E-state index contributed by atoms with van der Waals surface area (Å²) in [5.74, 6) is -0.0665. The highest BCUT2D eigenvalue weighted by Crippen LogP contribution is 2.23. The Morgan fingerprint density at radius 3 is 2.45 bits per heavy atom. The van der Waals surface area contributed by atoms with Crippen molar-refractivity contribution in [2.45, 2.75) is 26.8 Å². The van der Waals surface area contributed by atoms with Crippen LogP contribution in [-0.4, -0.2) is 35.3 Å². The van der Waals surface area contributed by atoms with Crippen molar-refractivity contribution in [3.63, 3.8) is 0 Å². The lowest BCUT2D eigenvalue weighted by Gasteiger charge is -2.11. The largest absolute Gasteiger partial charge is 0.350 e. The molecule has 0 aliphatic heterocycles. The maximum Gasteiger partial charge on any atom is 0.251 e. The Labute approximate surface area is 139 Å². The topological polar surface area (TPSA) is 58.9 Å². The summed E-state index contributed by atoms with van der Waals surface area (Å²) in [5, 5.41) is 10.5. The molecule has 0 bridgehead atoms. The summed E-state index contributed by atoms with van der Waals surface area (Å²) in [4.78, 5) is 12.1. The van der Waals surface area contributed by atoms with Crippen LogP contribution in [0.2, 0.25) is 0 Å². The maximum atomic E-state index is 12.1. The lowest BCUT2D eigenvalue weighted by atomic mass is 10.2. The van der Waals surface area contributed by atoms with Gasteiger partial charge in [-0.3, -0.25) is 4.79 Å². The van der Waals surface area contributed by atoms with Crippen LogP contribution in [0.5, 0.6) is 0 Å². The number of aromatic nitrogens is 2. The summed E-state index contributed by atoms with van der Waals surface area (Å²) < 4.78 is 2.87. The Morgan fingerprint density at radius 1 is 1.32 bits per heavy atom. The van der Waals surface area contributed by atoms with E-state index >= 15 is 0 Å². The molecule has 0 aliphatic rings. The van der Waals surface area contributed by atoms with E-state index in [1.165, 1.54) is 0 Å². The summed E-state index contributed by atoms with van der Waals surface area (Å²) in [6.07, 6.45) is 0. The van der Waals surface area contributed by atoms with Crippen molar-refractivity contribution in [3.8, 4) is 5.69 Å². The molecule has 0 spiro atoms. The predicted octanol–water partition coefficient (Wildman–Crippen LogP) is 2.59. The molecule has 0 saturated carbocycles. The summed E-state index contributed by atoms with van der Waals surface area (Å²) in [6, 6.07) is 7.69. The van der Waals surface area contributed by atoms with Gasteiger partial charge in [0, 0.05) is 18.2 Å². The Hall–Kier alpha value is -1.66. The smallest absolute Gasteiger partial charge is 0.251 e. The highest BCUT2D eigenvalue weighted by atomic mass is 79.9. The molecular formula is C16H21BrN4O. The van der Waals surface area contributed by atoms with Crippen LogP contribution in [0, 0.1) is 13.8 Å².